The number of carbonyl (C=O) groups is 1. The SMILES string of the molecule is COc1ccc2ccc(C(C)C(=O)OCCOCCO[N+](=O)[O-])cc2c1. The summed E-state index contributed by atoms with van der Waals surface area (Å²) in [5.74, 6) is -0.0381. The molecule has 0 bridgehead atoms. The molecule has 0 aliphatic heterocycles. The summed E-state index contributed by atoms with van der Waals surface area (Å²) in [6.45, 7) is 1.89. The number of fused-ring (bicyclic) bond motifs is 1. The molecule has 2 aromatic carbocycles. The molecule has 0 radical (unpaired) electrons. The highest BCUT2D eigenvalue weighted by atomic mass is 17.0. The number of hydrogen-bond donors (Lipinski definition) is 0. The predicted molar refractivity (Wildman–Crippen MR) is 93.6 cm³/mol. The Hall–Kier alpha value is -2.87. The lowest BCUT2D eigenvalue weighted by Crippen LogP contribution is -2.17. The fourth-order valence-corrected chi connectivity index (χ4v) is 2.37. The monoisotopic (exact) mass is 363 g/mol. The predicted octanol–water partition coefficient (Wildman–Crippen LogP) is 2.72. The van der Waals surface area contributed by atoms with Gasteiger partial charge in [-0.1, -0.05) is 24.3 Å². The zero-order valence-corrected chi connectivity index (χ0v) is 14.7. The molecule has 0 aromatic heterocycles. The van der Waals surface area contributed by atoms with Crippen LogP contribution in [0.25, 0.3) is 10.8 Å². The van der Waals surface area contributed by atoms with Crippen molar-refractivity contribution in [3.63, 3.8) is 0 Å². The molecule has 8 nitrogen and oxygen atoms in total. The van der Waals surface area contributed by atoms with Crippen molar-refractivity contribution in [2.24, 2.45) is 0 Å². The Morgan fingerprint density at radius 2 is 1.81 bits per heavy atom. The topological polar surface area (TPSA) is 97.1 Å². The molecule has 0 N–H and O–H groups in total. The van der Waals surface area contributed by atoms with Gasteiger partial charge in [-0.05, 0) is 35.4 Å². The van der Waals surface area contributed by atoms with Gasteiger partial charge in [-0.15, -0.1) is 10.1 Å². The number of hydrogen-bond acceptors (Lipinski definition) is 7. The largest absolute Gasteiger partial charge is 0.497 e. The molecule has 26 heavy (non-hydrogen) atoms. The third-order valence-electron chi connectivity index (χ3n) is 3.82. The summed E-state index contributed by atoms with van der Waals surface area (Å²) in [6, 6.07) is 11.5. The van der Waals surface area contributed by atoms with E-state index in [1.165, 1.54) is 0 Å². The van der Waals surface area contributed by atoms with Gasteiger partial charge in [0.2, 0.25) is 0 Å². The molecule has 1 unspecified atom stereocenters. The summed E-state index contributed by atoms with van der Waals surface area (Å²) >= 11 is 0. The minimum atomic E-state index is -0.885. The zero-order chi connectivity index (χ0) is 18.9. The Balaban J connectivity index is 1.83. The minimum Gasteiger partial charge on any atom is -0.497 e. The van der Waals surface area contributed by atoms with E-state index in [1.807, 2.05) is 36.4 Å². The molecule has 0 aliphatic rings. The first kappa shape index (κ1) is 19.5. The van der Waals surface area contributed by atoms with Gasteiger partial charge >= 0.3 is 5.97 Å². The second-order valence-corrected chi connectivity index (χ2v) is 5.53. The third kappa shape index (κ3) is 5.59. The highest BCUT2D eigenvalue weighted by Crippen LogP contribution is 2.25. The molecule has 140 valence electrons. The van der Waals surface area contributed by atoms with Crippen molar-refractivity contribution < 1.29 is 28.9 Å². The first-order chi connectivity index (χ1) is 12.5. The van der Waals surface area contributed by atoms with Crippen molar-refractivity contribution in [1.29, 1.82) is 0 Å². The molecule has 2 aromatic rings. The first-order valence-corrected chi connectivity index (χ1v) is 8.10. The van der Waals surface area contributed by atoms with E-state index in [4.69, 9.17) is 14.2 Å². The zero-order valence-electron chi connectivity index (χ0n) is 14.7. The van der Waals surface area contributed by atoms with E-state index in [0.717, 1.165) is 22.1 Å². The fraction of sp³-hybridized carbons (Fsp3) is 0.389. The Morgan fingerprint density at radius 3 is 2.54 bits per heavy atom. The van der Waals surface area contributed by atoms with Crippen molar-refractivity contribution in [3.8, 4) is 5.75 Å². The van der Waals surface area contributed by atoms with Crippen LogP contribution in [0, 0.1) is 10.1 Å². The van der Waals surface area contributed by atoms with Gasteiger partial charge in [0.05, 0.1) is 26.2 Å². The summed E-state index contributed by atoms with van der Waals surface area (Å²) in [7, 11) is 1.61. The maximum absolute atomic E-state index is 12.2. The van der Waals surface area contributed by atoms with Gasteiger partial charge in [-0.25, -0.2) is 0 Å². The Labute approximate surface area is 150 Å². The minimum absolute atomic E-state index is 0.0561. The third-order valence-corrected chi connectivity index (χ3v) is 3.82. The molecule has 0 heterocycles. The van der Waals surface area contributed by atoms with Crippen LogP contribution in [0.4, 0.5) is 0 Å². The molecule has 8 heteroatoms. The summed E-state index contributed by atoms with van der Waals surface area (Å²) < 4.78 is 15.5. The van der Waals surface area contributed by atoms with E-state index in [0.29, 0.717) is 0 Å². The van der Waals surface area contributed by atoms with E-state index >= 15 is 0 Å². The molecule has 2 rings (SSSR count). The number of methoxy groups -OCH3 is 1. The highest BCUT2D eigenvalue weighted by molar-refractivity contribution is 5.86. The Kier molecular flexibility index (Phi) is 7.16. The second-order valence-electron chi connectivity index (χ2n) is 5.53. The van der Waals surface area contributed by atoms with Gasteiger partial charge in [0, 0.05) is 0 Å². The van der Waals surface area contributed by atoms with Crippen molar-refractivity contribution in [2.75, 3.05) is 33.5 Å². The van der Waals surface area contributed by atoms with Gasteiger partial charge in [0.1, 0.15) is 19.0 Å². The van der Waals surface area contributed by atoms with Crippen LogP contribution in [0.2, 0.25) is 0 Å². The molecule has 0 fully saturated rings. The molecule has 1 atom stereocenters. The van der Waals surface area contributed by atoms with E-state index in [-0.39, 0.29) is 32.4 Å². The van der Waals surface area contributed by atoms with Crippen molar-refractivity contribution >= 4 is 16.7 Å². The molecule has 0 saturated carbocycles. The van der Waals surface area contributed by atoms with Crippen LogP contribution in [0.1, 0.15) is 18.4 Å². The number of ether oxygens (including phenoxy) is 3. The average Bonchev–Trinajstić information content (AvgIpc) is 2.65. The maximum Gasteiger partial charge on any atom is 0.313 e. The van der Waals surface area contributed by atoms with Gasteiger partial charge in [0.15, 0.2) is 0 Å². The van der Waals surface area contributed by atoms with Crippen LogP contribution < -0.4 is 4.74 Å². The van der Waals surface area contributed by atoms with E-state index in [2.05, 4.69) is 4.84 Å². The molecular formula is C18H21NO7. The summed E-state index contributed by atoms with van der Waals surface area (Å²) in [5.41, 5.74) is 0.844. The molecule has 0 aliphatic carbocycles. The Bertz CT molecular complexity index is 762. The molecule has 0 amide bonds. The van der Waals surface area contributed by atoms with Crippen LogP contribution in [0.3, 0.4) is 0 Å². The normalized spacial score (nSPS) is 11.8. The van der Waals surface area contributed by atoms with Gasteiger partial charge in [-0.2, -0.15) is 0 Å². The van der Waals surface area contributed by atoms with E-state index < -0.39 is 11.0 Å². The number of carbonyl (C=O) groups excluding carboxylic acids is 1. The first-order valence-electron chi connectivity index (χ1n) is 8.10. The summed E-state index contributed by atoms with van der Waals surface area (Å²) in [4.78, 5) is 26.2. The van der Waals surface area contributed by atoms with E-state index in [1.54, 1.807) is 14.0 Å². The highest BCUT2D eigenvalue weighted by Gasteiger charge is 2.17. The van der Waals surface area contributed by atoms with Gasteiger partial charge in [0.25, 0.3) is 5.09 Å². The van der Waals surface area contributed by atoms with Crippen LogP contribution in [0.15, 0.2) is 36.4 Å². The van der Waals surface area contributed by atoms with Crippen molar-refractivity contribution in [1.82, 2.24) is 0 Å². The van der Waals surface area contributed by atoms with Crippen molar-refractivity contribution in [2.45, 2.75) is 12.8 Å². The van der Waals surface area contributed by atoms with Crippen molar-refractivity contribution in [3.05, 3.63) is 52.1 Å². The quantitative estimate of drug-likeness (QED) is 0.277. The lowest BCUT2D eigenvalue weighted by atomic mass is 9.98. The lowest BCUT2D eigenvalue weighted by Gasteiger charge is -2.13. The average molecular weight is 363 g/mol. The standard InChI is InChI=1S/C18H21NO7/c1-13(18(20)25-9-7-24-8-10-26-19(21)22)15-4-3-14-5-6-17(23-2)12-16(14)11-15/h3-6,11-13H,7-10H2,1-2H3. The van der Waals surface area contributed by atoms with E-state index in [9.17, 15) is 14.9 Å². The Morgan fingerprint density at radius 1 is 1.08 bits per heavy atom. The van der Waals surface area contributed by atoms with Crippen LogP contribution >= 0.6 is 0 Å². The van der Waals surface area contributed by atoms with Crippen LogP contribution in [-0.4, -0.2) is 44.6 Å². The second kappa shape index (κ2) is 9.57. The molecule has 0 saturated heterocycles. The number of esters is 1. The molecule has 0 spiro atoms. The lowest BCUT2D eigenvalue weighted by molar-refractivity contribution is -0.758. The summed E-state index contributed by atoms with van der Waals surface area (Å²) in [5, 5.41) is 11.1. The summed E-state index contributed by atoms with van der Waals surface area (Å²) in [6.07, 6.45) is 0. The maximum atomic E-state index is 12.2. The number of nitrogens with zero attached hydrogens (tertiary/aromatic N) is 1. The number of rotatable bonds is 10. The molecular weight excluding hydrogens is 342 g/mol. The van der Waals surface area contributed by atoms with Gasteiger partial charge in [-0.3, -0.25) is 4.79 Å². The fourth-order valence-electron chi connectivity index (χ4n) is 2.37. The smallest absolute Gasteiger partial charge is 0.313 e. The van der Waals surface area contributed by atoms with Crippen LogP contribution in [0.5, 0.6) is 5.75 Å². The number of benzene rings is 2. The van der Waals surface area contributed by atoms with Crippen LogP contribution in [-0.2, 0) is 19.1 Å². The van der Waals surface area contributed by atoms with Gasteiger partial charge < -0.3 is 19.0 Å².